The molecule has 0 aliphatic heterocycles. The molecule has 3 saturated carbocycles. The molecule has 0 aromatic rings. The first-order valence-corrected chi connectivity index (χ1v) is 5.73. The Labute approximate surface area is 85.7 Å². The molecular formula is C12H20O2. The smallest absolute Gasteiger partial charge is 0.303 e. The minimum Gasteiger partial charge on any atom is -0.481 e. The van der Waals surface area contributed by atoms with Crippen molar-refractivity contribution in [3.63, 3.8) is 0 Å². The molecule has 2 heteroatoms. The number of hydrogen-bond acceptors (Lipinski definition) is 1. The van der Waals surface area contributed by atoms with E-state index in [2.05, 4.69) is 13.8 Å². The Balaban J connectivity index is 1.91. The summed E-state index contributed by atoms with van der Waals surface area (Å²) in [6.07, 6.45) is 5.22. The quantitative estimate of drug-likeness (QED) is 0.753. The molecule has 3 rings (SSSR count). The maximum absolute atomic E-state index is 10.5. The van der Waals surface area contributed by atoms with Gasteiger partial charge in [-0.05, 0) is 48.9 Å². The predicted octanol–water partition coefficient (Wildman–Crippen LogP) is 2.92. The predicted molar refractivity (Wildman–Crippen MR) is 55.0 cm³/mol. The highest BCUT2D eigenvalue weighted by atomic mass is 16.4. The van der Waals surface area contributed by atoms with Gasteiger partial charge in [0.05, 0.1) is 0 Å². The third kappa shape index (κ3) is 1.45. The fraction of sp³-hybridized carbons (Fsp3) is 0.917. The second kappa shape index (κ2) is 3.25. The highest BCUT2D eigenvalue weighted by molar-refractivity contribution is 5.66. The van der Waals surface area contributed by atoms with E-state index in [0.717, 1.165) is 18.3 Å². The number of fused-ring (bicyclic) bond motifs is 2. The summed E-state index contributed by atoms with van der Waals surface area (Å²) in [6.45, 7) is 4.72. The second-order valence-electron chi connectivity index (χ2n) is 5.63. The summed E-state index contributed by atoms with van der Waals surface area (Å²) in [7, 11) is 0. The van der Waals surface area contributed by atoms with E-state index >= 15 is 0 Å². The third-order valence-corrected chi connectivity index (χ3v) is 4.73. The summed E-state index contributed by atoms with van der Waals surface area (Å²) in [5.74, 6) is 1.78. The van der Waals surface area contributed by atoms with Crippen molar-refractivity contribution < 1.29 is 9.90 Å². The zero-order chi connectivity index (χ0) is 10.3. The van der Waals surface area contributed by atoms with Crippen molar-refractivity contribution in [2.24, 2.45) is 23.2 Å². The Morgan fingerprint density at radius 1 is 1.43 bits per heavy atom. The molecule has 0 spiro atoms. The van der Waals surface area contributed by atoms with Crippen molar-refractivity contribution in [2.45, 2.75) is 46.0 Å². The number of carboxylic acids is 1. The lowest BCUT2D eigenvalue weighted by Crippen LogP contribution is -2.52. The number of carboxylic acid groups (broad SMARTS) is 1. The van der Waals surface area contributed by atoms with Gasteiger partial charge in [0.1, 0.15) is 0 Å². The zero-order valence-corrected chi connectivity index (χ0v) is 9.12. The molecular weight excluding hydrogens is 176 g/mol. The first-order valence-electron chi connectivity index (χ1n) is 5.73. The van der Waals surface area contributed by atoms with E-state index in [1.54, 1.807) is 0 Å². The van der Waals surface area contributed by atoms with E-state index in [1.165, 1.54) is 19.3 Å². The van der Waals surface area contributed by atoms with Gasteiger partial charge in [-0.15, -0.1) is 0 Å². The number of rotatable bonds is 3. The van der Waals surface area contributed by atoms with Crippen molar-refractivity contribution in [1.82, 2.24) is 0 Å². The van der Waals surface area contributed by atoms with Crippen LogP contribution in [0.25, 0.3) is 0 Å². The molecule has 0 saturated heterocycles. The number of aliphatic carboxylic acids is 1. The topological polar surface area (TPSA) is 37.3 Å². The molecule has 0 aromatic carbocycles. The van der Waals surface area contributed by atoms with Gasteiger partial charge in [0, 0.05) is 6.42 Å². The van der Waals surface area contributed by atoms with Crippen molar-refractivity contribution in [3.05, 3.63) is 0 Å². The van der Waals surface area contributed by atoms with Crippen molar-refractivity contribution in [1.29, 1.82) is 0 Å². The van der Waals surface area contributed by atoms with Crippen LogP contribution in [0.1, 0.15) is 46.0 Å². The van der Waals surface area contributed by atoms with Crippen LogP contribution in [0.2, 0.25) is 0 Å². The van der Waals surface area contributed by atoms with E-state index in [0.29, 0.717) is 17.8 Å². The van der Waals surface area contributed by atoms with Gasteiger partial charge in [-0.25, -0.2) is 0 Å². The van der Waals surface area contributed by atoms with Gasteiger partial charge in [0.25, 0.3) is 0 Å². The van der Waals surface area contributed by atoms with E-state index in [1.807, 2.05) is 0 Å². The monoisotopic (exact) mass is 196 g/mol. The molecule has 3 atom stereocenters. The van der Waals surface area contributed by atoms with Gasteiger partial charge in [0.15, 0.2) is 0 Å². The lowest BCUT2D eigenvalue weighted by Gasteiger charge is -2.60. The Morgan fingerprint density at radius 2 is 2.14 bits per heavy atom. The molecule has 2 nitrogen and oxygen atoms in total. The van der Waals surface area contributed by atoms with Gasteiger partial charge < -0.3 is 5.11 Å². The van der Waals surface area contributed by atoms with Gasteiger partial charge in [-0.2, -0.15) is 0 Å². The van der Waals surface area contributed by atoms with Crippen LogP contribution in [0.15, 0.2) is 0 Å². The van der Waals surface area contributed by atoms with E-state index < -0.39 is 5.97 Å². The SMILES string of the molecule is CC1(C)C2CCC(CCC(=O)O)C1C2. The maximum atomic E-state index is 10.5. The molecule has 80 valence electrons. The van der Waals surface area contributed by atoms with Gasteiger partial charge >= 0.3 is 5.97 Å². The minimum atomic E-state index is -0.635. The van der Waals surface area contributed by atoms with E-state index in [9.17, 15) is 4.79 Å². The molecule has 3 fully saturated rings. The highest BCUT2D eigenvalue weighted by Crippen LogP contribution is 2.62. The third-order valence-electron chi connectivity index (χ3n) is 4.73. The second-order valence-corrected chi connectivity index (χ2v) is 5.63. The molecule has 0 amide bonds. The van der Waals surface area contributed by atoms with Crippen LogP contribution in [0.4, 0.5) is 0 Å². The van der Waals surface area contributed by atoms with Gasteiger partial charge in [-0.3, -0.25) is 4.79 Å². The van der Waals surface area contributed by atoms with Crippen LogP contribution in [0.3, 0.4) is 0 Å². The number of hydrogen-bond donors (Lipinski definition) is 1. The Morgan fingerprint density at radius 3 is 2.64 bits per heavy atom. The molecule has 1 N–H and O–H groups in total. The van der Waals surface area contributed by atoms with Gasteiger partial charge in [-0.1, -0.05) is 13.8 Å². The fourth-order valence-electron chi connectivity index (χ4n) is 3.62. The normalized spacial score (nSPS) is 38.9. The highest BCUT2D eigenvalue weighted by Gasteiger charge is 2.53. The summed E-state index contributed by atoms with van der Waals surface area (Å²) in [5, 5.41) is 8.67. The average molecular weight is 196 g/mol. The van der Waals surface area contributed by atoms with E-state index in [-0.39, 0.29) is 0 Å². The van der Waals surface area contributed by atoms with Crippen molar-refractivity contribution in [3.8, 4) is 0 Å². The Bertz CT molecular complexity index is 243. The van der Waals surface area contributed by atoms with Crippen LogP contribution >= 0.6 is 0 Å². The Kier molecular flexibility index (Phi) is 2.32. The molecule has 3 aliphatic rings. The molecule has 0 heterocycles. The summed E-state index contributed by atoms with van der Waals surface area (Å²) < 4.78 is 0. The summed E-state index contributed by atoms with van der Waals surface area (Å²) >= 11 is 0. The largest absolute Gasteiger partial charge is 0.481 e. The zero-order valence-electron chi connectivity index (χ0n) is 9.12. The standard InChI is InChI=1S/C12H20O2/c1-12(2)9-5-3-8(10(12)7-9)4-6-11(13)14/h8-10H,3-7H2,1-2H3,(H,13,14). The fourth-order valence-corrected chi connectivity index (χ4v) is 3.62. The summed E-state index contributed by atoms with van der Waals surface area (Å²) in [4.78, 5) is 10.5. The molecule has 2 bridgehead atoms. The van der Waals surface area contributed by atoms with Crippen LogP contribution in [-0.2, 0) is 4.79 Å². The molecule has 0 aromatic heterocycles. The Hall–Kier alpha value is -0.530. The molecule has 14 heavy (non-hydrogen) atoms. The molecule has 3 unspecified atom stereocenters. The van der Waals surface area contributed by atoms with Crippen LogP contribution in [-0.4, -0.2) is 11.1 Å². The van der Waals surface area contributed by atoms with E-state index in [4.69, 9.17) is 5.11 Å². The van der Waals surface area contributed by atoms with Crippen LogP contribution in [0, 0.1) is 23.2 Å². The molecule has 0 radical (unpaired) electrons. The number of carbonyl (C=O) groups is 1. The first kappa shape index (κ1) is 10.0. The van der Waals surface area contributed by atoms with Crippen molar-refractivity contribution >= 4 is 5.97 Å². The lowest BCUT2D eigenvalue weighted by molar-refractivity contribution is -0.139. The molecule has 3 aliphatic carbocycles. The van der Waals surface area contributed by atoms with Crippen molar-refractivity contribution in [2.75, 3.05) is 0 Å². The maximum Gasteiger partial charge on any atom is 0.303 e. The summed E-state index contributed by atoms with van der Waals surface area (Å²) in [5.41, 5.74) is 0.501. The summed E-state index contributed by atoms with van der Waals surface area (Å²) in [6, 6.07) is 0. The first-order chi connectivity index (χ1) is 6.51. The minimum absolute atomic E-state index is 0.363. The van der Waals surface area contributed by atoms with Gasteiger partial charge in [0.2, 0.25) is 0 Å². The van der Waals surface area contributed by atoms with Crippen LogP contribution < -0.4 is 0 Å². The van der Waals surface area contributed by atoms with Crippen LogP contribution in [0.5, 0.6) is 0 Å². The lowest BCUT2D eigenvalue weighted by atomic mass is 9.45. The average Bonchev–Trinajstić information content (AvgIpc) is 2.14.